The molecule has 1 fully saturated rings. The van der Waals surface area contributed by atoms with Crippen LogP contribution in [-0.4, -0.2) is 17.3 Å². The molecule has 0 aromatic heterocycles. The van der Waals surface area contributed by atoms with E-state index in [0.29, 0.717) is 15.6 Å². The molecule has 1 aromatic rings. The maximum Gasteiger partial charge on any atom is 0.173 e. The second-order valence-electron chi connectivity index (χ2n) is 4.27. The zero-order valence-electron chi connectivity index (χ0n) is 9.86. The summed E-state index contributed by atoms with van der Waals surface area (Å²) >= 11 is 11.6. The van der Waals surface area contributed by atoms with E-state index < -0.39 is 11.7 Å². The number of Topliss-reactive ketones (excluding diaryl/α,β-unsaturated/α-hetero) is 2. The van der Waals surface area contributed by atoms with Crippen LogP contribution in [0, 0.1) is 5.92 Å². The molecule has 0 N–H and O–H groups in total. The fourth-order valence-corrected chi connectivity index (χ4v) is 2.23. The van der Waals surface area contributed by atoms with Gasteiger partial charge in [0.15, 0.2) is 17.3 Å². The van der Waals surface area contributed by atoms with E-state index in [1.165, 1.54) is 12.2 Å². The zero-order valence-corrected chi connectivity index (χ0v) is 11.4. The van der Waals surface area contributed by atoms with Gasteiger partial charge in [-0.05, 0) is 23.8 Å². The van der Waals surface area contributed by atoms with Crippen molar-refractivity contribution in [1.82, 2.24) is 0 Å². The molecular weight excluding hydrogens is 287 g/mol. The molecule has 0 unspecified atom stereocenters. The van der Waals surface area contributed by atoms with E-state index in [1.807, 2.05) is 0 Å². The van der Waals surface area contributed by atoms with Gasteiger partial charge < -0.3 is 0 Å². The van der Waals surface area contributed by atoms with Gasteiger partial charge in [0.1, 0.15) is 5.92 Å². The van der Waals surface area contributed by atoms with Crippen molar-refractivity contribution in [3.05, 3.63) is 39.9 Å². The van der Waals surface area contributed by atoms with Gasteiger partial charge in [-0.25, -0.2) is 0 Å². The SMILES string of the molecule is O=C(C=Cc1ccc(Cl)c(Cl)c1)C1C(=O)CCC1=O. The van der Waals surface area contributed by atoms with Gasteiger partial charge in [0.2, 0.25) is 0 Å². The first-order valence-electron chi connectivity index (χ1n) is 5.71. The highest BCUT2D eigenvalue weighted by molar-refractivity contribution is 6.42. The van der Waals surface area contributed by atoms with E-state index in [4.69, 9.17) is 23.2 Å². The monoisotopic (exact) mass is 296 g/mol. The van der Waals surface area contributed by atoms with Crippen LogP contribution in [0.15, 0.2) is 24.3 Å². The maximum atomic E-state index is 11.8. The molecule has 0 spiro atoms. The van der Waals surface area contributed by atoms with Gasteiger partial charge in [0, 0.05) is 12.8 Å². The van der Waals surface area contributed by atoms with Crippen LogP contribution in [-0.2, 0) is 14.4 Å². The molecule has 98 valence electrons. The Bertz CT molecular complexity index is 574. The largest absolute Gasteiger partial charge is 0.298 e. The van der Waals surface area contributed by atoms with Crippen LogP contribution in [0.1, 0.15) is 18.4 Å². The summed E-state index contributed by atoms with van der Waals surface area (Å²) in [6, 6.07) is 4.90. The number of rotatable bonds is 3. The summed E-state index contributed by atoms with van der Waals surface area (Å²) < 4.78 is 0. The van der Waals surface area contributed by atoms with Gasteiger partial charge in [-0.3, -0.25) is 14.4 Å². The van der Waals surface area contributed by atoms with Crippen molar-refractivity contribution < 1.29 is 14.4 Å². The summed E-state index contributed by atoms with van der Waals surface area (Å²) in [5.41, 5.74) is 0.681. The van der Waals surface area contributed by atoms with Gasteiger partial charge in [-0.1, -0.05) is 35.3 Å². The smallest absolute Gasteiger partial charge is 0.173 e. The predicted octanol–water partition coefficient (Wildman–Crippen LogP) is 3.12. The van der Waals surface area contributed by atoms with Crippen LogP contribution in [0.25, 0.3) is 6.08 Å². The third kappa shape index (κ3) is 3.11. The van der Waals surface area contributed by atoms with Crippen molar-refractivity contribution in [2.45, 2.75) is 12.8 Å². The first kappa shape index (κ1) is 14.0. The Morgan fingerprint density at radius 3 is 2.32 bits per heavy atom. The molecule has 1 aromatic carbocycles. The number of allylic oxidation sites excluding steroid dienone is 1. The number of halogens is 2. The molecule has 3 nitrogen and oxygen atoms in total. The molecule has 0 atom stereocenters. The summed E-state index contributed by atoms with van der Waals surface area (Å²) in [5, 5.41) is 0.801. The summed E-state index contributed by atoms with van der Waals surface area (Å²) in [4.78, 5) is 34.6. The average Bonchev–Trinajstić information content (AvgIpc) is 2.70. The van der Waals surface area contributed by atoms with Crippen molar-refractivity contribution in [3.63, 3.8) is 0 Å². The first-order chi connectivity index (χ1) is 8.99. The third-order valence-electron chi connectivity index (χ3n) is 2.93. The summed E-state index contributed by atoms with van der Waals surface area (Å²) in [7, 11) is 0. The lowest BCUT2D eigenvalue weighted by Gasteiger charge is -2.01. The number of benzene rings is 1. The number of hydrogen-bond acceptors (Lipinski definition) is 3. The highest BCUT2D eigenvalue weighted by Gasteiger charge is 2.37. The number of ketones is 3. The highest BCUT2D eigenvalue weighted by Crippen LogP contribution is 2.24. The van der Waals surface area contributed by atoms with Crippen molar-refractivity contribution in [3.8, 4) is 0 Å². The van der Waals surface area contributed by atoms with Crippen LogP contribution >= 0.6 is 23.2 Å². The molecule has 0 heterocycles. The Morgan fingerprint density at radius 1 is 1.11 bits per heavy atom. The van der Waals surface area contributed by atoms with E-state index in [1.54, 1.807) is 18.2 Å². The molecule has 0 aliphatic heterocycles. The highest BCUT2D eigenvalue weighted by atomic mass is 35.5. The fourth-order valence-electron chi connectivity index (χ4n) is 1.92. The van der Waals surface area contributed by atoms with E-state index in [2.05, 4.69) is 0 Å². The normalized spacial score (nSPS) is 16.5. The molecule has 0 bridgehead atoms. The Balaban J connectivity index is 2.14. The Hall–Kier alpha value is -1.45. The Kier molecular flexibility index (Phi) is 4.17. The van der Waals surface area contributed by atoms with E-state index in [9.17, 15) is 14.4 Å². The topological polar surface area (TPSA) is 51.2 Å². The second kappa shape index (κ2) is 5.68. The van der Waals surface area contributed by atoms with Crippen molar-refractivity contribution >= 4 is 46.6 Å². The van der Waals surface area contributed by atoms with Gasteiger partial charge >= 0.3 is 0 Å². The van der Waals surface area contributed by atoms with Gasteiger partial charge in [-0.15, -0.1) is 0 Å². The zero-order chi connectivity index (χ0) is 14.0. The molecule has 19 heavy (non-hydrogen) atoms. The molecule has 0 amide bonds. The molecule has 1 aliphatic carbocycles. The first-order valence-corrected chi connectivity index (χ1v) is 6.47. The van der Waals surface area contributed by atoms with Crippen molar-refractivity contribution in [2.75, 3.05) is 0 Å². The number of carbonyl (C=O) groups is 3. The average molecular weight is 297 g/mol. The lowest BCUT2D eigenvalue weighted by molar-refractivity contribution is -0.133. The molecule has 2 rings (SSSR count). The van der Waals surface area contributed by atoms with Crippen LogP contribution in [0.4, 0.5) is 0 Å². The van der Waals surface area contributed by atoms with Crippen molar-refractivity contribution in [1.29, 1.82) is 0 Å². The predicted molar refractivity (Wildman–Crippen MR) is 73.2 cm³/mol. The number of carbonyl (C=O) groups excluding carboxylic acids is 3. The minimum Gasteiger partial charge on any atom is -0.298 e. The number of hydrogen-bond donors (Lipinski definition) is 0. The maximum absolute atomic E-state index is 11.8. The molecular formula is C14H10Cl2O3. The van der Waals surface area contributed by atoms with Gasteiger partial charge in [0.05, 0.1) is 10.0 Å². The second-order valence-corrected chi connectivity index (χ2v) is 5.09. The van der Waals surface area contributed by atoms with Crippen LogP contribution < -0.4 is 0 Å². The van der Waals surface area contributed by atoms with E-state index in [0.717, 1.165) is 0 Å². The van der Waals surface area contributed by atoms with Gasteiger partial charge in [0.25, 0.3) is 0 Å². The molecule has 0 saturated heterocycles. The summed E-state index contributed by atoms with van der Waals surface area (Å²) in [6.07, 6.45) is 3.08. The quantitative estimate of drug-likeness (QED) is 0.636. The van der Waals surface area contributed by atoms with Crippen LogP contribution in [0.2, 0.25) is 10.0 Å². The Morgan fingerprint density at radius 2 is 1.74 bits per heavy atom. The Labute approximate surface area is 120 Å². The molecule has 1 aliphatic rings. The molecule has 1 saturated carbocycles. The van der Waals surface area contributed by atoms with Gasteiger partial charge in [-0.2, -0.15) is 0 Å². The standard InChI is InChI=1S/C14H10Cl2O3/c15-9-3-1-8(7-10(9)16)2-4-11(17)14-12(18)5-6-13(14)19/h1-4,7,14H,5-6H2. The molecule has 5 heteroatoms. The van der Waals surface area contributed by atoms with Crippen molar-refractivity contribution in [2.24, 2.45) is 5.92 Å². The van der Waals surface area contributed by atoms with E-state index in [-0.39, 0.29) is 24.4 Å². The fraction of sp³-hybridized carbons (Fsp3) is 0.214. The lowest BCUT2D eigenvalue weighted by atomic mass is 9.99. The summed E-state index contributed by atoms with van der Waals surface area (Å²) in [6.45, 7) is 0. The molecule has 0 radical (unpaired) electrons. The van der Waals surface area contributed by atoms with Crippen LogP contribution in [0.5, 0.6) is 0 Å². The minimum atomic E-state index is -1.11. The minimum absolute atomic E-state index is 0.163. The lowest BCUT2D eigenvalue weighted by Crippen LogP contribution is -2.23. The summed E-state index contributed by atoms with van der Waals surface area (Å²) in [5.74, 6) is -2.18. The van der Waals surface area contributed by atoms with Crippen LogP contribution in [0.3, 0.4) is 0 Å². The van der Waals surface area contributed by atoms with E-state index >= 15 is 0 Å². The third-order valence-corrected chi connectivity index (χ3v) is 3.67.